The Bertz CT molecular complexity index is 579. The molecule has 0 aliphatic heterocycles. The zero-order chi connectivity index (χ0) is 13.0. The molecule has 4 heteroatoms. The van der Waals surface area contributed by atoms with E-state index in [0.29, 0.717) is 6.42 Å². The first kappa shape index (κ1) is 12.1. The Morgan fingerprint density at radius 3 is 2.56 bits per heavy atom. The zero-order valence-electron chi connectivity index (χ0n) is 10.1. The zero-order valence-corrected chi connectivity index (χ0v) is 10.1. The Kier molecular flexibility index (Phi) is 3.57. The third-order valence-corrected chi connectivity index (χ3v) is 2.62. The van der Waals surface area contributed by atoms with Crippen LogP contribution in [0, 0.1) is 0 Å². The van der Waals surface area contributed by atoms with Crippen molar-refractivity contribution in [2.24, 2.45) is 0 Å². The Morgan fingerprint density at radius 1 is 1.28 bits per heavy atom. The van der Waals surface area contributed by atoms with Crippen LogP contribution in [0.4, 0.5) is 0 Å². The molecule has 0 spiro atoms. The second kappa shape index (κ2) is 5.31. The van der Waals surface area contributed by atoms with Gasteiger partial charge in [0.2, 0.25) is 0 Å². The number of H-pyrrole nitrogens is 1. The summed E-state index contributed by atoms with van der Waals surface area (Å²) in [6.07, 6.45) is 0.690. The first-order valence-electron chi connectivity index (χ1n) is 5.56. The highest BCUT2D eigenvalue weighted by molar-refractivity contribution is 5.58. The van der Waals surface area contributed by atoms with Crippen molar-refractivity contribution in [3.05, 3.63) is 64.7 Å². The van der Waals surface area contributed by atoms with Crippen LogP contribution in [0.25, 0.3) is 11.3 Å². The van der Waals surface area contributed by atoms with Gasteiger partial charge in [0.25, 0.3) is 5.56 Å². The minimum absolute atomic E-state index is 0.202. The number of hydrogen-bond acceptors (Lipinski definition) is 3. The first-order chi connectivity index (χ1) is 8.69. The van der Waals surface area contributed by atoms with E-state index in [9.17, 15) is 4.79 Å². The number of methoxy groups -OCH3 is 1. The van der Waals surface area contributed by atoms with Gasteiger partial charge in [-0.1, -0.05) is 30.8 Å². The standard InChI is InChI=1S/C14H14N2O2/c1-10(18-2)9-11-3-5-12(6-4-11)13-7-8-14(17)16-15-13/h3-8H,1,9H2,2H3,(H,16,17). The molecule has 1 heterocycles. The lowest BCUT2D eigenvalue weighted by Crippen LogP contribution is -2.05. The van der Waals surface area contributed by atoms with Crippen LogP contribution >= 0.6 is 0 Å². The van der Waals surface area contributed by atoms with Crippen molar-refractivity contribution < 1.29 is 4.74 Å². The van der Waals surface area contributed by atoms with Crippen LogP contribution in [-0.4, -0.2) is 17.3 Å². The van der Waals surface area contributed by atoms with Crippen molar-refractivity contribution >= 4 is 0 Å². The van der Waals surface area contributed by atoms with Crippen molar-refractivity contribution in [3.63, 3.8) is 0 Å². The predicted octanol–water partition coefficient (Wildman–Crippen LogP) is 2.14. The van der Waals surface area contributed by atoms with Crippen LogP contribution in [0.15, 0.2) is 53.5 Å². The second-order valence-corrected chi connectivity index (χ2v) is 3.92. The lowest BCUT2D eigenvalue weighted by molar-refractivity contribution is 0.285. The Balaban J connectivity index is 2.19. The summed E-state index contributed by atoms with van der Waals surface area (Å²) in [5, 5.41) is 6.39. The number of aromatic nitrogens is 2. The average molecular weight is 242 g/mol. The number of nitrogens with zero attached hydrogens (tertiary/aromatic N) is 1. The number of benzene rings is 1. The van der Waals surface area contributed by atoms with Crippen molar-refractivity contribution in [3.8, 4) is 11.3 Å². The molecule has 18 heavy (non-hydrogen) atoms. The van der Waals surface area contributed by atoms with E-state index in [1.165, 1.54) is 6.07 Å². The van der Waals surface area contributed by atoms with E-state index in [0.717, 1.165) is 22.6 Å². The minimum Gasteiger partial charge on any atom is -0.501 e. The Labute approximate surface area is 105 Å². The fourth-order valence-electron chi connectivity index (χ4n) is 1.60. The molecule has 0 atom stereocenters. The van der Waals surface area contributed by atoms with Gasteiger partial charge in [-0.05, 0) is 11.6 Å². The summed E-state index contributed by atoms with van der Waals surface area (Å²) in [6.45, 7) is 3.78. The van der Waals surface area contributed by atoms with E-state index in [1.807, 2.05) is 24.3 Å². The largest absolute Gasteiger partial charge is 0.501 e. The molecule has 92 valence electrons. The molecular formula is C14H14N2O2. The molecule has 0 aliphatic rings. The molecule has 0 unspecified atom stereocenters. The van der Waals surface area contributed by atoms with Gasteiger partial charge in [0.15, 0.2) is 0 Å². The number of ether oxygens (including phenoxy) is 1. The van der Waals surface area contributed by atoms with Gasteiger partial charge in [0.1, 0.15) is 0 Å². The maximum atomic E-state index is 10.9. The van der Waals surface area contributed by atoms with Gasteiger partial charge in [-0.25, -0.2) is 5.10 Å². The van der Waals surface area contributed by atoms with Crippen molar-refractivity contribution in [2.75, 3.05) is 7.11 Å². The van der Waals surface area contributed by atoms with E-state index >= 15 is 0 Å². The highest BCUT2D eigenvalue weighted by Crippen LogP contribution is 2.17. The van der Waals surface area contributed by atoms with E-state index in [-0.39, 0.29) is 5.56 Å². The van der Waals surface area contributed by atoms with Crippen molar-refractivity contribution in [1.29, 1.82) is 0 Å². The summed E-state index contributed by atoms with van der Waals surface area (Å²) in [4.78, 5) is 10.9. The molecule has 0 saturated carbocycles. The smallest absolute Gasteiger partial charge is 0.264 e. The van der Waals surface area contributed by atoms with Gasteiger partial charge in [-0.3, -0.25) is 4.79 Å². The normalized spacial score (nSPS) is 10.1. The van der Waals surface area contributed by atoms with E-state index in [2.05, 4.69) is 16.8 Å². The van der Waals surface area contributed by atoms with Gasteiger partial charge >= 0.3 is 0 Å². The van der Waals surface area contributed by atoms with Crippen LogP contribution in [-0.2, 0) is 11.2 Å². The topological polar surface area (TPSA) is 55.0 Å². The maximum absolute atomic E-state index is 10.9. The molecule has 4 nitrogen and oxygen atoms in total. The Morgan fingerprint density at radius 2 is 2.00 bits per heavy atom. The van der Waals surface area contributed by atoms with Crippen molar-refractivity contribution in [2.45, 2.75) is 6.42 Å². The van der Waals surface area contributed by atoms with E-state index in [4.69, 9.17) is 4.74 Å². The lowest BCUT2D eigenvalue weighted by atomic mass is 10.1. The second-order valence-electron chi connectivity index (χ2n) is 3.92. The molecule has 0 aliphatic carbocycles. The van der Waals surface area contributed by atoms with Gasteiger partial charge in [-0.2, -0.15) is 5.10 Å². The number of rotatable bonds is 4. The molecule has 0 radical (unpaired) electrons. The van der Waals surface area contributed by atoms with Crippen LogP contribution in [0.3, 0.4) is 0 Å². The first-order valence-corrected chi connectivity index (χ1v) is 5.56. The Hall–Kier alpha value is -2.36. The van der Waals surface area contributed by atoms with Gasteiger partial charge in [-0.15, -0.1) is 0 Å². The fourth-order valence-corrected chi connectivity index (χ4v) is 1.60. The van der Waals surface area contributed by atoms with E-state index in [1.54, 1.807) is 13.2 Å². The van der Waals surface area contributed by atoms with E-state index < -0.39 is 0 Å². The highest BCUT2D eigenvalue weighted by atomic mass is 16.5. The molecule has 1 N–H and O–H groups in total. The lowest BCUT2D eigenvalue weighted by Gasteiger charge is -2.05. The SMILES string of the molecule is C=C(Cc1ccc(-c2ccc(=O)[nH]n2)cc1)OC. The van der Waals surface area contributed by atoms with Crippen molar-refractivity contribution in [1.82, 2.24) is 10.2 Å². The van der Waals surface area contributed by atoms with Crippen LogP contribution in [0.5, 0.6) is 0 Å². The molecule has 0 saturated heterocycles. The summed E-state index contributed by atoms with van der Waals surface area (Å²) >= 11 is 0. The third-order valence-electron chi connectivity index (χ3n) is 2.62. The predicted molar refractivity (Wildman–Crippen MR) is 70.1 cm³/mol. The molecule has 0 fully saturated rings. The summed E-state index contributed by atoms with van der Waals surface area (Å²) in [7, 11) is 1.61. The van der Waals surface area contributed by atoms with Gasteiger partial charge in [0.05, 0.1) is 18.6 Å². The molecule has 2 aromatic rings. The number of hydrogen-bond donors (Lipinski definition) is 1. The molecule has 0 bridgehead atoms. The van der Waals surface area contributed by atoms with Gasteiger partial charge in [0, 0.05) is 18.1 Å². The summed E-state index contributed by atoms with van der Waals surface area (Å²) in [5.41, 5.74) is 2.62. The summed E-state index contributed by atoms with van der Waals surface area (Å²) in [5.74, 6) is 0.727. The monoisotopic (exact) mass is 242 g/mol. The number of aromatic amines is 1. The molecule has 1 aromatic heterocycles. The molecular weight excluding hydrogens is 228 g/mol. The summed E-state index contributed by atoms with van der Waals surface area (Å²) in [6, 6.07) is 11.1. The van der Waals surface area contributed by atoms with Crippen LogP contribution in [0.1, 0.15) is 5.56 Å². The number of allylic oxidation sites excluding steroid dienone is 1. The maximum Gasteiger partial charge on any atom is 0.264 e. The third kappa shape index (κ3) is 2.85. The summed E-state index contributed by atoms with van der Waals surface area (Å²) < 4.78 is 5.04. The molecule has 1 aromatic carbocycles. The molecule has 0 amide bonds. The average Bonchev–Trinajstić information content (AvgIpc) is 2.40. The number of nitrogens with one attached hydrogen (secondary N) is 1. The van der Waals surface area contributed by atoms with Crippen LogP contribution < -0.4 is 5.56 Å². The van der Waals surface area contributed by atoms with Crippen LogP contribution in [0.2, 0.25) is 0 Å². The quantitative estimate of drug-likeness (QED) is 0.836. The highest BCUT2D eigenvalue weighted by Gasteiger charge is 2.01. The van der Waals surface area contributed by atoms with Gasteiger partial charge < -0.3 is 4.74 Å². The minimum atomic E-state index is -0.202. The fraction of sp³-hybridized carbons (Fsp3) is 0.143. The molecule has 2 rings (SSSR count).